The Labute approximate surface area is 229 Å². The number of benzene rings is 1. The van der Waals surface area contributed by atoms with Gasteiger partial charge in [-0.05, 0) is 66.1 Å². The van der Waals surface area contributed by atoms with E-state index in [2.05, 4.69) is 15.2 Å². The highest BCUT2D eigenvalue weighted by molar-refractivity contribution is 5.90. The molecule has 1 aliphatic rings. The van der Waals surface area contributed by atoms with Gasteiger partial charge in [-0.1, -0.05) is 6.07 Å². The molecular formula is C28H40N6O5. The first-order chi connectivity index (χ1) is 18.4. The molecule has 0 spiro atoms. The van der Waals surface area contributed by atoms with Crippen molar-refractivity contribution in [1.29, 1.82) is 0 Å². The number of methoxy groups -OCH3 is 1. The smallest absolute Gasteiger partial charge is 0.412 e. The molecule has 4 rings (SSSR count). The maximum Gasteiger partial charge on any atom is 0.412 e. The van der Waals surface area contributed by atoms with Crippen molar-refractivity contribution >= 4 is 23.1 Å². The van der Waals surface area contributed by atoms with Gasteiger partial charge in [-0.25, -0.2) is 14.8 Å². The highest BCUT2D eigenvalue weighted by Gasteiger charge is 2.38. The molecule has 1 aliphatic heterocycles. The first-order valence-electron chi connectivity index (χ1n) is 13.2. The van der Waals surface area contributed by atoms with Crippen LogP contribution in [0.2, 0.25) is 0 Å². The third-order valence-corrected chi connectivity index (χ3v) is 7.31. The van der Waals surface area contributed by atoms with Gasteiger partial charge in [0.25, 0.3) is 0 Å². The van der Waals surface area contributed by atoms with Crippen LogP contribution in [0.25, 0.3) is 16.8 Å². The second-order valence-corrected chi connectivity index (χ2v) is 11.5. The summed E-state index contributed by atoms with van der Waals surface area (Å²) < 4.78 is 12.9. The standard InChI is InChI=1S/C28H40N6O5/c1-27(2,3)39-26(37)31-19-10-9-17(14-20(19)38-6)22-23-24(29)30-11-13-34(23)25(32-22)18-8-7-12-33(15-18)28(4,5)21(36)16-35/h9-11,13-14,18,21,35-36H,7-8,12,15-16H2,1-6H3,(H2,29,30)(H,31,37). The molecule has 2 unspecified atom stereocenters. The average Bonchev–Trinajstić information content (AvgIpc) is 3.28. The summed E-state index contributed by atoms with van der Waals surface area (Å²) >= 11 is 0. The average molecular weight is 541 g/mol. The number of aliphatic hydroxyl groups is 2. The molecule has 0 aliphatic carbocycles. The van der Waals surface area contributed by atoms with Gasteiger partial charge in [0.05, 0.1) is 25.5 Å². The number of carbonyl (C=O) groups is 1. The zero-order valence-electron chi connectivity index (χ0n) is 23.6. The van der Waals surface area contributed by atoms with Crippen LogP contribution in [0.1, 0.15) is 59.2 Å². The fourth-order valence-electron chi connectivity index (χ4n) is 5.08. The van der Waals surface area contributed by atoms with Gasteiger partial charge in [-0.15, -0.1) is 0 Å². The molecule has 5 N–H and O–H groups in total. The van der Waals surface area contributed by atoms with Crippen LogP contribution in [0.4, 0.5) is 16.3 Å². The van der Waals surface area contributed by atoms with Gasteiger partial charge in [0, 0.05) is 36.0 Å². The summed E-state index contributed by atoms with van der Waals surface area (Å²) in [6.45, 7) is 10.5. The minimum absolute atomic E-state index is 0.0713. The number of imidazole rings is 1. The number of nitrogen functional groups attached to an aromatic ring is 1. The van der Waals surface area contributed by atoms with E-state index in [0.29, 0.717) is 35.0 Å². The zero-order valence-corrected chi connectivity index (χ0v) is 23.6. The topological polar surface area (TPSA) is 147 Å². The fraction of sp³-hybridized carbons (Fsp3) is 0.536. The molecule has 11 heteroatoms. The van der Waals surface area contributed by atoms with Gasteiger partial charge in [0.15, 0.2) is 0 Å². The van der Waals surface area contributed by atoms with Crippen LogP contribution in [0, 0.1) is 0 Å². The number of aliphatic hydroxyl groups excluding tert-OH is 2. The summed E-state index contributed by atoms with van der Waals surface area (Å²) in [6.07, 6.45) is 3.93. The Kier molecular flexibility index (Phi) is 8.06. The van der Waals surface area contributed by atoms with Crippen molar-refractivity contribution in [3.63, 3.8) is 0 Å². The van der Waals surface area contributed by atoms with Crippen LogP contribution in [0.3, 0.4) is 0 Å². The molecule has 0 radical (unpaired) electrons. The number of nitrogens with one attached hydrogen (secondary N) is 1. The number of aromatic nitrogens is 3. The number of hydrogen-bond acceptors (Lipinski definition) is 9. The van der Waals surface area contributed by atoms with Crippen LogP contribution >= 0.6 is 0 Å². The normalized spacial score (nSPS) is 17.7. The monoisotopic (exact) mass is 540 g/mol. The lowest BCUT2D eigenvalue weighted by Crippen LogP contribution is -2.56. The van der Waals surface area contributed by atoms with Gasteiger partial charge in [-0.2, -0.15) is 0 Å². The minimum Gasteiger partial charge on any atom is -0.495 e. The van der Waals surface area contributed by atoms with Crippen LogP contribution in [0.15, 0.2) is 30.6 Å². The molecule has 1 saturated heterocycles. The van der Waals surface area contributed by atoms with Gasteiger partial charge in [-0.3, -0.25) is 14.6 Å². The van der Waals surface area contributed by atoms with Gasteiger partial charge in [0.1, 0.15) is 34.2 Å². The van der Waals surface area contributed by atoms with Gasteiger partial charge in [0.2, 0.25) is 0 Å². The second-order valence-electron chi connectivity index (χ2n) is 11.5. The molecular weight excluding hydrogens is 500 g/mol. The van der Waals surface area contributed by atoms with E-state index >= 15 is 0 Å². The maximum absolute atomic E-state index is 12.3. The highest BCUT2D eigenvalue weighted by Crippen LogP contribution is 2.38. The molecule has 212 valence electrons. The van der Waals surface area contributed by atoms with Crippen molar-refractivity contribution in [3.8, 4) is 17.0 Å². The maximum atomic E-state index is 12.3. The predicted octanol–water partition coefficient (Wildman–Crippen LogP) is 3.65. The molecule has 2 atom stereocenters. The minimum atomic E-state index is -0.857. The number of hydrogen-bond donors (Lipinski definition) is 4. The number of piperidine rings is 1. The number of rotatable bonds is 7. The van der Waals surface area contributed by atoms with Crippen molar-refractivity contribution < 1.29 is 24.5 Å². The van der Waals surface area contributed by atoms with Crippen molar-refractivity contribution in [2.45, 2.75) is 70.6 Å². The summed E-state index contributed by atoms with van der Waals surface area (Å²) in [6, 6.07) is 5.40. The summed E-state index contributed by atoms with van der Waals surface area (Å²) in [7, 11) is 1.53. The van der Waals surface area contributed by atoms with Crippen molar-refractivity contribution in [1.82, 2.24) is 19.3 Å². The number of nitrogens with two attached hydrogens (primary N) is 1. The number of anilines is 2. The van der Waals surface area contributed by atoms with Gasteiger partial charge >= 0.3 is 6.09 Å². The molecule has 3 aromatic rings. The second kappa shape index (κ2) is 11.0. The fourth-order valence-corrected chi connectivity index (χ4v) is 5.08. The van der Waals surface area contributed by atoms with E-state index in [-0.39, 0.29) is 12.5 Å². The Morgan fingerprint density at radius 1 is 1.28 bits per heavy atom. The number of likely N-dealkylation sites (tertiary alicyclic amines) is 1. The van der Waals surface area contributed by atoms with Crippen LogP contribution in [-0.2, 0) is 4.74 Å². The number of carbonyl (C=O) groups excluding carboxylic acids is 1. The Balaban J connectivity index is 1.71. The van der Waals surface area contributed by atoms with E-state index < -0.39 is 23.3 Å². The molecule has 1 amide bonds. The molecule has 2 aromatic heterocycles. The lowest BCUT2D eigenvalue weighted by atomic mass is 9.89. The Bertz CT molecular complexity index is 1330. The van der Waals surface area contributed by atoms with Crippen LogP contribution in [0.5, 0.6) is 5.75 Å². The summed E-state index contributed by atoms with van der Waals surface area (Å²) in [5.41, 5.74) is 7.72. The van der Waals surface area contributed by atoms with Crippen molar-refractivity contribution in [3.05, 3.63) is 36.4 Å². The number of amides is 1. The summed E-state index contributed by atoms with van der Waals surface area (Å²) in [5.74, 6) is 1.72. The molecule has 0 bridgehead atoms. The number of nitrogens with zero attached hydrogens (tertiary/aromatic N) is 4. The predicted molar refractivity (Wildman–Crippen MR) is 150 cm³/mol. The lowest BCUT2D eigenvalue weighted by molar-refractivity contribution is -0.0481. The Morgan fingerprint density at radius 2 is 2.03 bits per heavy atom. The molecule has 39 heavy (non-hydrogen) atoms. The third-order valence-electron chi connectivity index (χ3n) is 7.31. The third kappa shape index (κ3) is 5.95. The first-order valence-corrected chi connectivity index (χ1v) is 13.2. The van der Waals surface area contributed by atoms with E-state index in [1.165, 1.54) is 7.11 Å². The molecule has 0 saturated carbocycles. The quantitative estimate of drug-likeness (QED) is 0.352. The van der Waals surface area contributed by atoms with Gasteiger partial charge < -0.3 is 25.4 Å². The molecule has 11 nitrogen and oxygen atoms in total. The summed E-state index contributed by atoms with van der Waals surface area (Å²) in [4.78, 5) is 24.0. The van der Waals surface area contributed by atoms with E-state index in [9.17, 15) is 15.0 Å². The molecule has 1 aromatic carbocycles. The zero-order chi connectivity index (χ0) is 28.5. The lowest BCUT2D eigenvalue weighted by Gasteiger charge is -2.45. The van der Waals surface area contributed by atoms with Crippen molar-refractivity contribution in [2.24, 2.45) is 0 Å². The Hall–Kier alpha value is -3.41. The largest absolute Gasteiger partial charge is 0.495 e. The van der Waals surface area contributed by atoms with E-state index in [4.69, 9.17) is 20.2 Å². The van der Waals surface area contributed by atoms with Crippen LogP contribution in [-0.4, -0.2) is 79.6 Å². The van der Waals surface area contributed by atoms with E-state index in [1.54, 1.807) is 39.1 Å². The van der Waals surface area contributed by atoms with Crippen molar-refractivity contribution in [2.75, 3.05) is 37.9 Å². The highest BCUT2D eigenvalue weighted by atomic mass is 16.6. The Morgan fingerprint density at radius 3 is 2.69 bits per heavy atom. The number of fused-ring (bicyclic) bond motifs is 1. The molecule has 3 heterocycles. The first kappa shape index (κ1) is 28.6. The molecule has 1 fully saturated rings. The van der Waals surface area contributed by atoms with E-state index in [0.717, 1.165) is 30.8 Å². The number of ether oxygens (including phenoxy) is 2. The van der Waals surface area contributed by atoms with E-state index in [1.807, 2.05) is 30.5 Å². The summed E-state index contributed by atoms with van der Waals surface area (Å²) in [5, 5.41) is 22.8. The van der Waals surface area contributed by atoms with Crippen LogP contribution < -0.4 is 15.8 Å². The SMILES string of the molecule is COc1cc(-c2nc(C3CCCN(C(C)(C)C(O)CO)C3)n3ccnc(N)c23)ccc1NC(=O)OC(C)(C)C.